The van der Waals surface area contributed by atoms with E-state index in [1.807, 2.05) is 30.3 Å². The summed E-state index contributed by atoms with van der Waals surface area (Å²) in [7, 11) is 1.31. The fourth-order valence-corrected chi connectivity index (χ4v) is 3.76. The number of ether oxygens (including phenoxy) is 3. The minimum atomic E-state index is -0.693. The molecule has 7 nitrogen and oxygen atoms in total. The van der Waals surface area contributed by atoms with Crippen LogP contribution in [-0.4, -0.2) is 31.0 Å². The number of nitrogens with one attached hydrogen (secondary N) is 1. The van der Waals surface area contributed by atoms with Crippen molar-refractivity contribution in [2.24, 2.45) is 0 Å². The molecule has 0 bridgehead atoms. The molecule has 2 aromatic rings. The molecule has 0 aliphatic heterocycles. The van der Waals surface area contributed by atoms with Gasteiger partial charge in [0.2, 0.25) is 5.91 Å². The minimum absolute atomic E-state index is 0.211. The number of esters is 2. The van der Waals surface area contributed by atoms with E-state index in [0.717, 1.165) is 5.56 Å². The smallest absolute Gasteiger partial charge is 0.341 e. The number of benzene rings is 2. The molecule has 0 heterocycles. The van der Waals surface area contributed by atoms with Crippen LogP contribution in [0.15, 0.2) is 42.5 Å². The highest BCUT2D eigenvalue weighted by atomic mass is 16.5. The predicted octanol–water partition coefficient (Wildman–Crippen LogP) is 3.11. The van der Waals surface area contributed by atoms with E-state index in [0.29, 0.717) is 41.9 Å². The molecule has 1 aliphatic rings. The number of carbonyl (C=O) groups excluding carboxylic acids is 3. The van der Waals surface area contributed by atoms with Crippen molar-refractivity contribution in [3.8, 4) is 5.75 Å². The summed E-state index contributed by atoms with van der Waals surface area (Å²) in [6.07, 6.45) is 0.323. The van der Waals surface area contributed by atoms with E-state index in [1.165, 1.54) is 21.0 Å². The van der Waals surface area contributed by atoms with Gasteiger partial charge in [-0.05, 0) is 35.6 Å². The Labute approximate surface area is 175 Å². The normalized spacial score (nSPS) is 17.4. The van der Waals surface area contributed by atoms with Crippen molar-refractivity contribution >= 4 is 17.8 Å². The maximum atomic E-state index is 12.6. The largest absolute Gasteiger partial charge is 0.488 e. The van der Waals surface area contributed by atoms with Gasteiger partial charge in [-0.3, -0.25) is 9.59 Å². The van der Waals surface area contributed by atoms with Crippen molar-refractivity contribution in [2.75, 3.05) is 7.11 Å². The van der Waals surface area contributed by atoms with Crippen LogP contribution in [0.2, 0.25) is 0 Å². The Morgan fingerprint density at radius 1 is 1.07 bits per heavy atom. The number of methoxy groups -OCH3 is 1. The highest BCUT2D eigenvalue weighted by Crippen LogP contribution is 2.39. The van der Waals surface area contributed by atoms with E-state index in [4.69, 9.17) is 14.2 Å². The maximum Gasteiger partial charge on any atom is 0.341 e. The summed E-state index contributed by atoms with van der Waals surface area (Å²) in [5.74, 6) is -0.790. The Morgan fingerprint density at radius 3 is 2.43 bits per heavy atom. The lowest BCUT2D eigenvalue weighted by molar-refractivity contribution is -0.149. The summed E-state index contributed by atoms with van der Waals surface area (Å²) < 4.78 is 16.5. The van der Waals surface area contributed by atoms with E-state index in [9.17, 15) is 14.4 Å². The highest BCUT2D eigenvalue weighted by molar-refractivity contribution is 5.95. The molecule has 2 aromatic carbocycles. The lowest BCUT2D eigenvalue weighted by Gasteiger charge is -2.34. The fourth-order valence-electron chi connectivity index (χ4n) is 3.76. The van der Waals surface area contributed by atoms with Gasteiger partial charge in [-0.25, -0.2) is 4.79 Å². The van der Waals surface area contributed by atoms with Gasteiger partial charge < -0.3 is 19.5 Å². The SMILES string of the molecule is COC(=O)c1c(OCc2ccccc2)ccc2c1CCC(NC(C)=O)C2OC(C)=O. The molecule has 0 spiro atoms. The van der Waals surface area contributed by atoms with Crippen molar-refractivity contribution in [1.82, 2.24) is 5.32 Å². The Balaban J connectivity index is 1.99. The summed E-state index contributed by atoms with van der Waals surface area (Å²) in [6.45, 7) is 3.03. The van der Waals surface area contributed by atoms with Crippen molar-refractivity contribution < 1.29 is 28.6 Å². The zero-order chi connectivity index (χ0) is 21.7. The molecule has 1 amide bonds. The second-order valence-electron chi connectivity index (χ2n) is 7.15. The van der Waals surface area contributed by atoms with Gasteiger partial charge in [-0.15, -0.1) is 0 Å². The number of fused-ring (bicyclic) bond motifs is 1. The predicted molar refractivity (Wildman–Crippen MR) is 109 cm³/mol. The zero-order valence-electron chi connectivity index (χ0n) is 17.3. The monoisotopic (exact) mass is 411 g/mol. The number of amides is 1. The van der Waals surface area contributed by atoms with Crippen molar-refractivity contribution in [3.63, 3.8) is 0 Å². The third kappa shape index (κ3) is 4.79. The van der Waals surface area contributed by atoms with Gasteiger partial charge in [0.25, 0.3) is 0 Å². The molecular weight excluding hydrogens is 386 g/mol. The first kappa shape index (κ1) is 21.4. The first-order valence-electron chi connectivity index (χ1n) is 9.75. The summed E-state index contributed by atoms with van der Waals surface area (Å²) in [5.41, 5.74) is 2.67. The second-order valence-corrected chi connectivity index (χ2v) is 7.15. The highest BCUT2D eigenvalue weighted by Gasteiger charge is 2.36. The molecule has 0 fully saturated rings. The quantitative estimate of drug-likeness (QED) is 0.735. The number of rotatable bonds is 6. The van der Waals surface area contributed by atoms with E-state index in [2.05, 4.69) is 5.32 Å². The Morgan fingerprint density at radius 2 is 1.80 bits per heavy atom. The van der Waals surface area contributed by atoms with Gasteiger partial charge in [0.1, 0.15) is 24.0 Å². The molecule has 7 heteroatoms. The lowest BCUT2D eigenvalue weighted by atomic mass is 9.82. The van der Waals surface area contributed by atoms with E-state index >= 15 is 0 Å². The molecule has 1 N–H and O–H groups in total. The van der Waals surface area contributed by atoms with Gasteiger partial charge in [-0.2, -0.15) is 0 Å². The van der Waals surface area contributed by atoms with Gasteiger partial charge in [0.15, 0.2) is 0 Å². The third-order valence-electron chi connectivity index (χ3n) is 5.00. The number of carbonyl (C=O) groups is 3. The lowest BCUT2D eigenvalue weighted by Crippen LogP contribution is -2.42. The van der Waals surface area contributed by atoms with E-state index in [1.54, 1.807) is 12.1 Å². The Hall–Kier alpha value is -3.35. The second kappa shape index (κ2) is 9.43. The van der Waals surface area contributed by atoms with Crippen LogP contribution in [0.5, 0.6) is 5.75 Å². The summed E-state index contributed by atoms with van der Waals surface area (Å²) in [4.78, 5) is 35.9. The molecule has 2 unspecified atom stereocenters. The maximum absolute atomic E-state index is 12.6. The first-order chi connectivity index (χ1) is 14.4. The van der Waals surface area contributed by atoms with Crippen LogP contribution >= 0.6 is 0 Å². The Kier molecular flexibility index (Phi) is 6.72. The number of hydrogen-bond donors (Lipinski definition) is 1. The zero-order valence-corrected chi connectivity index (χ0v) is 17.3. The van der Waals surface area contributed by atoms with Crippen LogP contribution in [0.25, 0.3) is 0 Å². The molecule has 0 saturated carbocycles. The van der Waals surface area contributed by atoms with Crippen LogP contribution in [-0.2, 0) is 32.1 Å². The van der Waals surface area contributed by atoms with Crippen LogP contribution in [0.3, 0.4) is 0 Å². The van der Waals surface area contributed by atoms with Crippen LogP contribution < -0.4 is 10.1 Å². The first-order valence-corrected chi connectivity index (χ1v) is 9.75. The molecule has 3 rings (SSSR count). The number of hydrogen-bond acceptors (Lipinski definition) is 6. The summed E-state index contributed by atoms with van der Waals surface area (Å²) in [6, 6.07) is 12.7. The van der Waals surface area contributed by atoms with Crippen LogP contribution in [0, 0.1) is 0 Å². The van der Waals surface area contributed by atoms with Crippen molar-refractivity contribution in [1.29, 1.82) is 0 Å². The van der Waals surface area contributed by atoms with Gasteiger partial charge >= 0.3 is 11.9 Å². The van der Waals surface area contributed by atoms with Crippen molar-refractivity contribution in [3.05, 3.63) is 64.7 Å². The van der Waals surface area contributed by atoms with E-state index in [-0.39, 0.29) is 11.9 Å². The third-order valence-corrected chi connectivity index (χ3v) is 5.00. The molecule has 30 heavy (non-hydrogen) atoms. The van der Waals surface area contributed by atoms with Crippen molar-refractivity contribution in [2.45, 2.75) is 45.4 Å². The Bertz CT molecular complexity index is 940. The van der Waals surface area contributed by atoms with Crippen LogP contribution in [0.4, 0.5) is 0 Å². The molecule has 0 saturated heterocycles. The van der Waals surface area contributed by atoms with Gasteiger partial charge in [0, 0.05) is 13.8 Å². The average molecular weight is 411 g/mol. The van der Waals surface area contributed by atoms with Crippen LogP contribution in [0.1, 0.15) is 53.4 Å². The van der Waals surface area contributed by atoms with E-state index < -0.39 is 18.0 Å². The molecule has 2 atom stereocenters. The molecule has 158 valence electrons. The molecule has 0 radical (unpaired) electrons. The minimum Gasteiger partial charge on any atom is -0.488 e. The summed E-state index contributed by atoms with van der Waals surface area (Å²) in [5, 5.41) is 2.84. The summed E-state index contributed by atoms with van der Waals surface area (Å²) >= 11 is 0. The standard InChI is InChI=1S/C23H25NO6/c1-14(25)24-19-11-9-17-18(22(19)30-15(2)26)10-12-20(21(17)23(27)28-3)29-13-16-7-5-4-6-8-16/h4-8,10,12,19,22H,9,11,13H2,1-3H3,(H,24,25). The molecule has 1 aliphatic carbocycles. The molecular formula is C23H25NO6. The topological polar surface area (TPSA) is 90.9 Å². The fraction of sp³-hybridized carbons (Fsp3) is 0.348. The molecule has 0 aromatic heterocycles. The van der Waals surface area contributed by atoms with Gasteiger partial charge in [0.05, 0.1) is 13.2 Å². The van der Waals surface area contributed by atoms with Gasteiger partial charge in [-0.1, -0.05) is 36.4 Å². The average Bonchev–Trinajstić information content (AvgIpc) is 2.73.